The van der Waals surface area contributed by atoms with Crippen LogP contribution in [0.5, 0.6) is 0 Å². The number of amides is 1. The normalized spacial score (nSPS) is 18.0. The van der Waals surface area contributed by atoms with Crippen molar-refractivity contribution in [2.45, 2.75) is 12.5 Å². The van der Waals surface area contributed by atoms with Crippen molar-refractivity contribution in [1.29, 1.82) is 0 Å². The van der Waals surface area contributed by atoms with E-state index in [0.29, 0.717) is 30.6 Å². The molecule has 2 saturated heterocycles. The fourth-order valence-corrected chi connectivity index (χ4v) is 4.52. The molecule has 4 heterocycles. The second kappa shape index (κ2) is 10.3. The summed E-state index contributed by atoms with van der Waals surface area (Å²) in [6.45, 7) is 4.78. The molecule has 2 aliphatic heterocycles. The molecule has 0 unspecified atom stereocenters. The van der Waals surface area contributed by atoms with Gasteiger partial charge in [0.15, 0.2) is 19.5 Å². The van der Waals surface area contributed by atoms with Crippen LogP contribution in [-0.4, -0.2) is 74.3 Å². The Hall–Kier alpha value is -3.70. The van der Waals surface area contributed by atoms with Gasteiger partial charge >= 0.3 is 0 Å². The van der Waals surface area contributed by atoms with Gasteiger partial charge in [-0.15, -0.1) is 0 Å². The molecule has 2 aromatic heterocycles. The molecule has 3 aromatic rings. The van der Waals surface area contributed by atoms with Crippen LogP contribution in [0.4, 0.5) is 22.9 Å². The lowest BCUT2D eigenvalue weighted by molar-refractivity contribution is 0.102. The number of nitrogens with zero attached hydrogens (tertiary/aromatic N) is 5. The van der Waals surface area contributed by atoms with E-state index < -0.39 is 5.91 Å². The first-order chi connectivity index (χ1) is 17.1. The quantitative estimate of drug-likeness (QED) is 0.450. The highest BCUT2D eigenvalue weighted by atomic mass is 16.5. The number of hydrogen-bond donors (Lipinski definition) is 3. The van der Waals surface area contributed by atoms with E-state index in [4.69, 9.17) is 10.5 Å². The number of benzene rings is 1. The molecule has 35 heavy (non-hydrogen) atoms. The highest BCUT2D eigenvalue weighted by molar-refractivity contribution is 6.07. The molecule has 0 aliphatic carbocycles. The summed E-state index contributed by atoms with van der Waals surface area (Å²) < 4.78 is 5.44. The van der Waals surface area contributed by atoms with E-state index in [2.05, 4.69) is 47.4 Å². The van der Waals surface area contributed by atoms with Gasteiger partial charge in [-0.2, -0.15) is 0 Å². The van der Waals surface area contributed by atoms with Crippen LogP contribution in [0.1, 0.15) is 16.9 Å². The van der Waals surface area contributed by atoms with Gasteiger partial charge in [-0.3, -0.25) is 9.78 Å². The van der Waals surface area contributed by atoms with E-state index in [0.717, 1.165) is 43.9 Å². The Labute approximate surface area is 205 Å². The number of carbonyl (C=O) groups is 1. The number of hydrogen-bond acceptors (Lipinski definition) is 9. The Morgan fingerprint density at radius 3 is 2.63 bits per heavy atom. The predicted octanol–water partition coefficient (Wildman–Crippen LogP) is 0.926. The molecule has 0 saturated carbocycles. The van der Waals surface area contributed by atoms with Gasteiger partial charge in [-0.1, -0.05) is 12.1 Å². The fraction of sp³-hybridized carbons (Fsp3) is 0.333. The van der Waals surface area contributed by atoms with E-state index in [9.17, 15) is 4.79 Å². The molecule has 10 nitrogen and oxygen atoms in total. The summed E-state index contributed by atoms with van der Waals surface area (Å²) in [5.41, 5.74) is 10.2. The second-order valence-corrected chi connectivity index (χ2v) is 8.70. The molecular weight excluding hydrogens is 443 g/mol. The van der Waals surface area contributed by atoms with E-state index >= 15 is 0 Å². The van der Waals surface area contributed by atoms with E-state index in [1.165, 1.54) is 5.69 Å². The van der Waals surface area contributed by atoms with E-state index in [1.54, 1.807) is 18.6 Å². The maximum atomic E-state index is 13.2. The van der Waals surface area contributed by atoms with Crippen molar-refractivity contribution in [3.05, 3.63) is 54.6 Å². The number of pyridine rings is 1. The van der Waals surface area contributed by atoms with Crippen LogP contribution in [0.2, 0.25) is 0 Å². The van der Waals surface area contributed by atoms with Crippen LogP contribution in [0.3, 0.4) is 0 Å². The Morgan fingerprint density at radius 1 is 1.09 bits per heavy atom. The minimum atomic E-state index is -0.425. The summed E-state index contributed by atoms with van der Waals surface area (Å²) in [7, 11) is 2.00. The van der Waals surface area contributed by atoms with E-state index in [-0.39, 0.29) is 11.5 Å². The highest BCUT2D eigenvalue weighted by Gasteiger charge is 2.22. The van der Waals surface area contributed by atoms with Gasteiger partial charge in [0.05, 0.1) is 42.7 Å². The average Bonchev–Trinajstić information content (AvgIpc) is 3.39. The fourth-order valence-electron chi connectivity index (χ4n) is 4.52. The van der Waals surface area contributed by atoms with Gasteiger partial charge in [-0.25, -0.2) is 9.97 Å². The number of nitrogens with one attached hydrogen (secondary N) is 2. The monoisotopic (exact) mass is 472 g/mol. The number of ether oxygens (including phenoxy) is 1. The largest absolute Gasteiger partial charge is 0.382 e. The van der Waals surface area contributed by atoms with Gasteiger partial charge in [0.2, 0.25) is 0 Å². The molecule has 4 N–H and O–H groups in total. The Bertz CT molecular complexity index is 1190. The Balaban J connectivity index is 1.34. The molecule has 1 aromatic carbocycles. The zero-order valence-electron chi connectivity index (χ0n) is 19.8. The first kappa shape index (κ1) is 23.1. The molecule has 2 aliphatic rings. The zero-order valence-corrected chi connectivity index (χ0v) is 19.8. The van der Waals surface area contributed by atoms with Crippen LogP contribution in [-0.2, 0) is 4.74 Å². The summed E-state index contributed by atoms with van der Waals surface area (Å²) in [4.78, 5) is 30.7. The molecule has 5 rings (SSSR count). The summed E-state index contributed by atoms with van der Waals surface area (Å²) in [6.07, 6.45) is 6.06. The third-order valence-electron chi connectivity index (χ3n) is 6.54. The highest BCUT2D eigenvalue weighted by Crippen LogP contribution is 2.28. The van der Waals surface area contributed by atoms with Crippen molar-refractivity contribution in [1.82, 2.24) is 20.2 Å². The minimum absolute atomic E-state index is 0.0786. The molecular formula is C24H29BN8O2. The van der Waals surface area contributed by atoms with Crippen LogP contribution in [0.15, 0.2) is 48.9 Å². The lowest BCUT2D eigenvalue weighted by Crippen LogP contribution is -2.36. The van der Waals surface area contributed by atoms with Gasteiger partial charge in [0.25, 0.3) is 5.91 Å². The van der Waals surface area contributed by atoms with Crippen LogP contribution in [0.25, 0.3) is 11.3 Å². The van der Waals surface area contributed by atoms with Crippen molar-refractivity contribution in [2.75, 3.05) is 60.2 Å². The van der Waals surface area contributed by atoms with Gasteiger partial charge in [-0.05, 0) is 24.6 Å². The average molecular weight is 472 g/mol. The first-order valence-electron chi connectivity index (χ1n) is 11.9. The summed E-state index contributed by atoms with van der Waals surface area (Å²) in [6, 6.07) is 10.6. The van der Waals surface area contributed by atoms with Gasteiger partial charge in [0.1, 0.15) is 0 Å². The van der Waals surface area contributed by atoms with E-state index in [1.807, 2.05) is 26.2 Å². The SMILES string of the molecule is BN[C@@H]1CCN(c2ccc(-c3cnc(N)c(C(=O)Nc4cnccc4N4CCOCC4)n3)cc2)C1. The van der Waals surface area contributed by atoms with Crippen LogP contribution in [0, 0.1) is 0 Å². The lowest BCUT2D eigenvalue weighted by Gasteiger charge is -2.30. The van der Waals surface area contributed by atoms with Crippen LogP contribution >= 0.6 is 0 Å². The smallest absolute Gasteiger partial charge is 0.278 e. The maximum Gasteiger partial charge on any atom is 0.278 e. The van der Waals surface area contributed by atoms with Crippen molar-refractivity contribution >= 4 is 36.8 Å². The number of aromatic nitrogens is 3. The molecule has 0 bridgehead atoms. The number of morpholine rings is 1. The molecule has 2 fully saturated rings. The summed E-state index contributed by atoms with van der Waals surface area (Å²) >= 11 is 0. The Morgan fingerprint density at radius 2 is 1.89 bits per heavy atom. The summed E-state index contributed by atoms with van der Waals surface area (Å²) in [5.74, 6) is -0.346. The van der Waals surface area contributed by atoms with Gasteiger partial charge in [0, 0.05) is 49.7 Å². The molecule has 0 radical (unpaired) electrons. The minimum Gasteiger partial charge on any atom is -0.382 e. The van der Waals surface area contributed by atoms with Crippen molar-refractivity contribution < 1.29 is 9.53 Å². The second-order valence-electron chi connectivity index (χ2n) is 8.70. The van der Waals surface area contributed by atoms with Gasteiger partial charge < -0.3 is 30.8 Å². The zero-order chi connectivity index (χ0) is 24.2. The third kappa shape index (κ3) is 5.05. The van der Waals surface area contributed by atoms with Crippen molar-refractivity contribution in [3.63, 3.8) is 0 Å². The van der Waals surface area contributed by atoms with Crippen molar-refractivity contribution in [3.8, 4) is 11.3 Å². The number of rotatable bonds is 6. The summed E-state index contributed by atoms with van der Waals surface area (Å²) in [5, 5.41) is 6.26. The molecule has 180 valence electrons. The maximum absolute atomic E-state index is 13.2. The number of nitrogens with two attached hydrogens (primary N) is 1. The standard InChI is InChI=1S/C24H29BN8O2/c25-31-17-6-8-33(15-17)18-3-1-16(2-4-18)19-14-28-23(26)22(29-19)24(34)30-20-13-27-7-5-21(20)32-9-11-35-12-10-32/h1-5,7,13-14,17,31H,6,8-12,15,25H2,(H2,26,28)(H,30,34)/t17-/m1/s1. The lowest BCUT2D eigenvalue weighted by atomic mass is 10.1. The van der Waals surface area contributed by atoms with Crippen molar-refractivity contribution in [2.24, 2.45) is 0 Å². The third-order valence-corrected chi connectivity index (χ3v) is 6.54. The first-order valence-corrected chi connectivity index (χ1v) is 11.9. The molecule has 1 amide bonds. The molecule has 11 heteroatoms. The van der Waals surface area contributed by atoms with Crippen LogP contribution < -0.4 is 26.1 Å². The number of nitrogen functional groups attached to an aromatic ring is 1. The topological polar surface area (TPSA) is 122 Å². The Kier molecular flexibility index (Phi) is 6.78. The molecule has 1 atom stereocenters. The number of carbonyl (C=O) groups excluding carboxylic acids is 1. The number of anilines is 4. The predicted molar refractivity (Wildman–Crippen MR) is 139 cm³/mol. The molecule has 0 spiro atoms.